The number of para-hydroxylation sites is 1. The molecule has 0 bridgehead atoms. The van der Waals surface area contributed by atoms with Crippen LogP contribution in [0.15, 0.2) is 30.3 Å². The summed E-state index contributed by atoms with van der Waals surface area (Å²) in [5.74, 6) is 0.999. The van der Waals surface area contributed by atoms with Gasteiger partial charge in [-0.25, -0.2) is 0 Å². The van der Waals surface area contributed by atoms with Crippen LogP contribution in [0, 0.1) is 0 Å². The molecule has 7 heteroatoms. The zero-order valence-corrected chi connectivity index (χ0v) is 24.2. The predicted molar refractivity (Wildman–Crippen MR) is 156 cm³/mol. The van der Waals surface area contributed by atoms with E-state index in [-0.39, 0.29) is 37.2 Å². The Morgan fingerprint density at radius 3 is 1.74 bits per heavy atom. The van der Waals surface area contributed by atoms with Crippen molar-refractivity contribution in [1.29, 1.82) is 0 Å². The lowest BCUT2D eigenvalue weighted by Gasteiger charge is -2.34. The number of hydrogen-bond donors (Lipinski definition) is 0. The van der Waals surface area contributed by atoms with Crippen molar-refractivity contribution in [2.24, 2.45) is 0 Å². The number of rotatable bonds is 18. The maximum Gasteiger partial charge on any atom is 0.119 e. The SMILES string of the molecule is CCCN(C)CCCCN1CCN(CCCCCCCCCOc2ccccc2)CC1.Cl.Cl.Cl. The molecule has 202 valence electrons. The molecule has 0 unspecified atom stereocenters. The van der Waals surface area contributed by atoms with Gasteiger partial charge in [0.1, 0.15) is 5.75 Å². The molecule has 0 aliphatic carbocycles. The summed E-state index contributed by atoms with van der Waals surface area (Å²) in [5, 5.41) is 0. The lowest BCUT2D eigenvalue weighted by molar-refractivity contribution is 0.128. The topological polar surface area (TPSA) is 19.0 Å². The highest BCUT2D eigenvalue weighted by atomic mass is 35.5. The highest BCUT2D eigenvalue weighted by Crippen LogP contribution is 2.12. The fourth-order valence-electron chi connectivity index (χ4n) is 4.48. The zero-order valence-electron chi connectivity index (χ0n) is 21.8. The van der Waals surface area contributed by atoms with Crippen molar-refractivity contribution in [1.82, 2.24) is 14.7 Å². The first-order valence-electron chi connectivity index (χ1n) is 13.1. The minimum absolute atomic E-state index is 0. The second kappa shape index (κ2) is 24.5. The number of ether oxygens (including phenoxy) is 1. The van der Waals surface area contributed by atoms with E-state index in [1.807, 2.05) is 30.3 Å². The van der Waals surface area contributed by atoms with E-state index >= 15 is 0 Å². The minimum Gasteiger partial charge on any atom is -0.494 e. The van der Waals surface area contributed by atoms with Gasteiger partial charge in [0.2, 0.25) is 0 Å². The number of halogens is 3. The number of unbranched alkanes of at least 4 members (excludes halogenated alkanes) is 7. The molecule has 4 nitrogen and oxygen atoms in total. The second-order valence-corrected chi connectivity index (χ2v) is 9.33. The standard InChI is InChI=1S/C27H49N3O.3ClH/c1-3-18-28(2)19-13-14-21-30-24-22-29(23-25-30)20-12-7-5-4-6-8-15-26-31-27-16-10-9-11-17-27;;;/h9-11,16-17H,3-8,12-15,18-26H2,1-2H3;3*1H. The Hall–Kier alpha value is -0.230. The van der Waals surface area contributed by atoms with E-state index in [2.05, 4.69) is 28.7 Å². The zero-order chi connectivity index (χ0) is 22.0. The van der Waals surface area contributed by atoms with Crippen LogP contribution >= 0.6 is 37.2 Å². The molecule has 0 radical (unpaired) electrons. The molecule has 1 aromatic rings. The Balaban J connectivity index is 0. The summed E-state index contributed by atoms with van der Waals surface area (Å²) < 4.78 is 5.76. The van der Waals surface area contributed by atoms with Crippen molar-refractivity contribution in [3.05, 3.63) is 30.3 Å². The summed E-state index contributed by atoms with van der Waals surface area (Å²) >= 11 is 0. The van der Waals surface area contributed by atoms with Crippen LogP contribution in [0.1, 0.15) is 71.1 Å². The molecular weight excluding hydrogens is 489 g/mol. The molecule has 0 spiro atoms. The number of piperazine rings is 1. The Morgan fingerprint density at radius 1 is 0.676 bits per heavy atom. The summed E-state index contributed by atoms with van der Waals surface area (Å²) in [6, 6.07) is 10.2. The Labute approximate surface area is 229 Å². The largest absolute Gasteiger partial charge is 0.494 e. The molecule has 1 aromatic carbocycles. The Kier molecular flexibility index (Phi) is 25.9. The van der Waals surface area contributed by atoms with Gasteiger partial charge in [0.15, 0.2) is 0 Å². The quantitative estimate of drug-likeness (QED) is 0.191. The lowest BCUT2D eigenvalue weighted by Crippen LogP contribution is -2.46. The van der Waals surface area contributed by atoms with Crippen molar-refractivity contribution in [3.63, 3.8) is 0 Å². The lowest BCUT2D eigenvalue weighted by atomic mass is 10.1. The van der Waals surface area contributed by atoms with Crippen LogP contribution in [0.25, 0.3) is 0 Å². The third-order valence-corrected chi connectivity index (χ3v) is 6.47. The highest BCUT2D eigenvalue weighted by Gasteiger charge is 2.15. The van der Waals surface area contributed by atoms with Gasteiger partial charge in [0.05, 0.1) is 6.61 Å². The van der Waals surface area contributed by atoms with Crippen molar-refractivity contribution >= 4 is 37.2 Å². The van der Waals surface area contributed by atoms with Crippen molar-refractivity contribution in [3.8, 4) is 5.75 Å². The Bertz CT molecular complexity index is 531. The van der Waals surface area contributed by atoms with E-state index < -0.39 is 0 Å². The molecule has 34 heavy (non-hydrogen) atoms. The van der Waals surface area contributed by atoms with E-state index in [0.29, 0.717) is 0 Å². The maximum atomic E-state index is 5.76. The van der Waals surface area contributed by atoms with Gasteiger partial charge < -0.3 is 19.4 Å². The molecule has 0 amide bonds. The predicted octanol–water partition coefficient (Wildman–Crippen LogP) is 6.80. The van der Waals surface area contributed by atoms with Gasteiger partial charge in [0.25, 0.3) is 0 Å². The fourth-order valence-corrected chi connectivity index (χ4v) is 4.48. The van der Waals surface area contributed by atoms with Crippen LogP contribution in [0.5, 0.6) is 5.75 Å². The highest BCUT2D eigenvalue weighted by molar-refractivity contribution is 5.86. The molecule has 1 aliphatic heterocycles. The van der Waals surface area contributed by atoms with E-state index in [0.717, 1.165) is 12.4 Å². The maximum absolute atomic E-state index is 5.76. The van der Waals surface area contributed by atoms with Crippen LogP contribution in [0.2, 0.25) is 0 Å². The molecule has 1 fully saturated rings. The number of nitrogens with zero attached hydrogens (tertiary/aromatic N) is 3. The Morgan fingerprint density at radius 2 is 1.18 bits per heavy atom. The van der Waals surface area contributed by atoms with E-state index in [9.17, 15) is 0 Å². The van der Waals surface area contributed by atoms with Crippen LogP contribution in [-0.4, -0.2) is 80.7 Å². The molecule has 1 heterocycles. The van der Waals surface area contributed by atoms with Gasteiger partial charge >= 0.3 is 0 Å². The van der Waals surface area contributed by atoms with Gasteiger partial charge in [-0.05, 0) is 77.5 Å². The van der Waals surface area contributed by atoms with Gasteiger partial charge in [0, 0.05) is 26.2 Å². The van der Waals surface area contributed by atoms with Crippen LogP contribution in [-0.2, 0) is 0 Å². The molecule has 0 aromatic heterocycles. The van der Waals surface area contributed by atoms with E-state index in [1.54, 1.807) is 0 Å². The fraction of sp³-hybridized carbons (Fsp3) is 0.778. The summed E-state index contributed by atoms with van der Waals surface area (Å²) in [6.45, 7) is 13.3. The molecule has 1 saturated heterocycles. The van der Waals surface area contributed by atoms with Crippen molar-refractivity contribution < 1.29 is 4.74 Å². The van der Waals surface area contributed by atoms with Gasteiger partial charge in [-0.3, -0.25) is 0 Å². The van der Waals surface area contributed by atoms with Crippen LogP contribution < -0.4 is 4.74 Å². The van der Waals surface area contributed by atoms with Crippen LogP contribution in [0.3, 0.4) is 0 Å². The number of benzene rings is 1. The van der Waals surface area contributed by atoms with E-state index in [4.69, 9.17) is 4.74 Å². The number of hydrogen-bond acceptors (Lipinski definition) is 4. The third kappa shape index (κ3) is 18.1. The molecule has 0 saturated carbocycles. The average molecular weight is 541 g/mol. The molecule has 0 atom stereocenters. The molecule has 0 N–H and O–H groups in total. The summed E-state index contributed by atoms with van der Waals surface area (Å²) in [6.07, 6.45) is 13.3. The average Bonchev–Trinajstić information content (AvgIpc) is 2.80. The smallest absolute Gasteiger partial charge is 0.119 e. The third-order valence-electron chi connectivity index (χ3n) is 6.47. The first-order chi connectivity index (χ1) is 15.3. The second-order valence-electron chi connectivity index (χ2n) is 9.33. The molecular formula is C27H52Cl3N3O. The van der Waals surface area contributed by atoms with Gasteiger partial charge in [-0.15, -0.1) is 37.2 Å². The monoisotopic (exact) mass is 539 g/mol. The molecule has 1 aliphatic rings. The van der Waals surface area contributed by atoms with Crippen molar-refractivity contribution in [2.45, 2.75) is 71.1 Å². The van der Waals surface area contributed by atoms with Crippen molar-refractivity contribution in [2.75, 3.05) is 66.0 Å². The molecule has 2 rings (SSSR count). The first-order valence-corrected chi connectivity index (χ1v) is 13.1. The summed E-state index contributed by atoms with van der Waals surface area (Å²) in [5.41, 5.74) is 0. The summed E-state index contributed by atoms with van der Waals surface area (Å²) in [7, 11) is 2.25. The van der Waals surface area contributed by atoms with Crippen LogP contribution in [0.4, 0.5) is 0 Å². The van der Waals surface area contributed by atoms with Gasteiger partial charge in [-0.2, -0.15) is 0 Å². The first kappa shape index (κ1) is 35.9. The summed E-state index contributed by atoms with van der Waals surface area (Å²) in [4.78, 5) is 7.84. The van der Waals surface area contributed by atoms with Gasteiger partial charge in [-0.1, -0.05) is 57.2 Å². The minimum atomic E-state index is 0. The normalized spacial score (nSPS) is 14.2. The van der Waals surface area contributed by atoms with E-state index in [1.165, 1.54) is 117 Å².